The van der Waals surface area contributed by atoms with E-state index in [9.17, 15) is 8.78 Å². The van der Waals surface area contributed by atoms with Crippen LogP contribution in [0.1, 0.15) is 6.42 Å². The minimum absolute atomic E-state index is 0. The third-order valence-electron chi connectivity index (χ3n) is 1.90. The fraction of sp³-hybridized carbons (Fsp3) is 1.00. The predicted octanol–water partition coefficient (Wildman–Crippen LogP) is 0.0599. The summed E-state index contributed by atoms with van der Waals surface area (Å²) in [5.74, 6) is -6.24. The second-order valence-corrected chi connectivity index (χ2v) is 3.01. The van der Waals surface area contributed by atoms with Crippen LogP contribution in [0.5, 0.6) is 0 Å². The monoisotopic (exact) mass is 203 g/mol. The molecule has 1 saturated heterocycles. The summed E-state index contributed by atoms with van der Waals surface area (Å²) in [6.07, 6.45) is -0.309. The number of alkyl halides is 2. The van der Waals surface area contributed by atoms with Crippen LogP contribution in [-0.2, 0) is 0 Å². The fourth-order valence-electron chi connectivity index (χ4n) is 1.07. The highest BCUT2D eigenvalue weighted by molar-refractivity contribution is 5.85. The molecule has 0 aromatic carbocycles. The summed E-state index contributed by atoms with van der Waals surface area (Å²) in [7, 11) is 1.52. The maximum Gasteiger partial charge on any atom is 0.312 e. The molecule has 74 valence electrons. The van der Waals surface area contributed by atoms with E-state index < -0.39 is 18.3 Å². The molecule has 1 aliphatic heterocycles. The van der Waals surface area contributed by atoms with Crippen LogP contribution < -0.4 is 0 Å². The van der Waals surface area contributed by atoms with Gasteiger partial charge in [-0.25, -0.2) is 0 Å². The first-order valence-corrected chi connectivity index (χ1v) is 3.36. The molecule has 1 rings (SSSR count). The second-order valence-electron chi connectivity index (χ2n) is 3.01. The lowest BCUT2D eigenvalue weighted by molar-refractivity contribution is -0.316. The van der Waals surface area contributed by atoms with Gasteiger partial charge in [-0.2, -0.15) is 8.78 Å². The quantitative estimate of drug-likeness (QED) is 0.548. The third kappa shape index (κ3) is 2.04. The molecule has 0 saturated carbocycles. The van der Waals surface area contributed by atoms with Gasteiger partial charge in [-0.15, -0.1) is 12.4 Å². The zero-order valence-corrected chi connectivity index (χ0v) is 7.44. The standard InChI is InChI=1S/C6H11F2NO2.ClH/c1-9-3-2-6(10,11)5(7,8)4-9;/h10-11H,2-4H2,1H3;1H. The highest BCUT2D eigenvalue weighted by Crippen LogP contribution is 2.33. The summed E-state index contributed by atoms with van der Waals surface area (Å²) >= 11 is 0. The van der Waals surface area contributed by atoms with Gasteiger partial charge in [0.25, 0.3) is 0 Å². The Morgan fingerprint density at radius 3 is 2.17 bits per heavy atom. The summed E-state index contributed by atoms with van der Waals surface area (Å²) in [4.78, 5) is 1.37. The Morgan fingerprint density at radius 1 is 1.33 bits per heavy atom. The molecule has 0 radical (unpaired) electrons. The van der Waals surface area contributed by atoms with Gasteiger partial charge in [-0.1, -0.05) is 0 Å². The van der Waals surface area contributed by atoms with Gasteiger partial charge >= 0.3 is 5.92 Å². The molecule has 0 unspecified atom stereocenters. The van der Waals surface area contributed by atoms with Gasteiger partial charge < -0.3 is 15.1 Å². The van der Waals surface area contributed by atoms with Crippen LogP contribution in [0.3, 0.4) is 0 Å². The fourth-order valence-corrected chi connectivity index (χ4v) is 1.07. The first kappa shape index (κ1) is 12.0. The molecule has 0 atom stereocenters. The summed E-state index contributed by atoms with van der Waals surface area (Å²) < 4.78 is 25.4. The number of halogens is 3. The molecule has 1 aliphatic rings. The summed E-state index contributed by atoms with van der Waals surface area (Å²) in [6, 6.07) is 0. The largest absolute Gasteiger partial charge is 0.361 e. The van der Waals surface area contributed by atoms with Crippen LogP contribution in [0, 0.1) is 0 Å². The lowest BCUT2D eigenvalue weighted by Gasteiger charge is -2.39. The van der Waals surface area contributed by atoms with Crippen molar-refractivity contribution in [2.75, 3.05) is 20.1 Å². The van der Waals surface area contributed by atoms with Crippen LogP contribution in [0.4, 0.5) is 8.78 Å². The molecule has 1 fully saturated rings. The van der Waals surface area contributed by atoms with Crippen LogP contribution in [0.25, 0.3) is 0 Å². The lowest BCUT2D eigenvalue weighted by atomic mass is 10.0. The molecule has 0 spiro atoms. The normalized spacial score (nSPS) is 27.8. The molecule has 2 N–H and O–H groups in total. The van der Waals surface area contributed by atoms with Gasteiger partial charge in [0.05, 0.1) is 6.54 Å². The Labute approximate surface area is 75.4 Å². The number of rotatable bonds is 0. The first-order chi connectivity index (χ1) is 4.85. The zero-order chi connectivity index (χ0) is 8.70. The van der Waals surface area contributed by atoms with Crippen LogP contribution in [-0.4, -0.2) is 47.0 Å². The summed E-state index contributed by atoms with van der Waals surface area (Å²) in [6.45, 7) is -0.317. The number of nitrogens with zero attached hydrogens (tertiary/aromatic N) is 1. The smallest absolute Gasteiger partial charge is 0.312 e. The lowest BCUT2D eigenvalue weighted by Crippen LogP contribution is -2.59. The molecule has 1 heterocycles. The Balaban J connectivity index is 0.00000121. The van der Waals surface area contributed by atoms with E-state index in [0.29, 0.717) is 0 Å². The van der Waals surface area contributed by atoms with Crippen molar-refractivity contribution < 1.29 is 19.0 Å². The zero-order valence-electron chi connectivity index (χ0n) is 6.63. The van der Waals surface area contributed by atoms with E-state index in [0.717, 1.165) is 0 Å². The van der Waals surface area contributed by atoms with Gasteiger partial charge in [0, 0.05) is 13.0 Å². The van der Waals surface area contributed by atoms with E-state index >= 15 is 0 Å². The Bertz CT molecular complexity index is 166. The average Bonchev–Trinajstić information content (AvgIpc) is 1.80. The second kappa shape index (κ2) is 3.41. The minimum atomic E-state index is -3.42. The minimum Gasteiger partial charge on any atom is -0.361 e. The van der Waals surface area contributed by atoms with Crippen molar-refractivity contribution in [3.05, 3.63) is 0 Å². The summed E-state index contributed by atoms with van der Waals surface area (Å²) in [5, 5.41) is 17.6. The van der Waals surface area contributed by atoms with Crippen LogP contribution in [0.15, 0.2) is 0 Å². The average molecular weight is 204 g/mol. The molecule has 0 bridgehead atoms. The molecule has 3 nitrogen and oxygen atoms in total. The van der Waals surface area contributed by atoms with E-state index in [1.807, 2.05) is 0 Å². The molecule has 0 aromatic heterocycles. The number of hydrogen-bond donors (Lipinski definition) is 2. The van der Waals surface area contributed by atoms with Crippen molar-refractivity contribution >= 4 is 12.4 Å². The van der Waals surface area contributed by atoms with E-state index in [-0.39, 0.29) is 25.4 Å². The maximum absolute atomic E-state index is 12.7. The van der Waals surface area contributed by atoms with E-state index in [2.05, 4.69) is 0 Å². The van der Waals surface area contributed by atoms with Gasteiger partial charge in [0.1, 0.15) is 0 Å². The van der Waals surface area contributed by atoms with Crippen LogP contribution >= 0.6 is 12.4 Å². The van der Waals surface area contributed by atoms with Gasteiger partial charge in [-0.05, 0) is 7.05 Å². The SMILES string of the molecule is CN1CCC(O)(O)C(F)(F)C1.Cl. The van der Waals surface area contributed by atoms with E-state index in [1.54, 1.807) is 0 Å². The third-order valence-corrected chi connectivity index (χ3v) is 1.90. The Hall–Kier alpha value is 0.0300. The number of piperidine rings is 1. The summed E-state index contributed by atoms with van der Waals surface area (Å²) in [5.41, 5.74) is 0. The highest BCUT2D eigenvalue weighted by Gasteiger charge is 2.54. The molecule has 0 aliphatic carbocycles. The van der Waals surface area contributed by atoms with Crippen molar-refractivity contribution in [2.24, 2.45) is 0 Å². The number of hydrogen-bond acceptors (Lipinski definition) is 3. The maximum atomic E-state index is 12.7. The molecular weight excluding hydrogens is 192 g/mol. The number of aliphatic hydroxyl groups is 2. The molecule has 0 aromatic rings. The predicted molar refractivity (Wildman–Crippen MR) is 41.5 cm³/mol. The van der Waals surface area contributed by atoms with Crippen molar-refractivity contribution in [1.82, 2.24) is 4.90 Å². The van der Waals surface area contributed by atoms with Crippen molar-refractivity contribution in [2.45, 2.75) is 18.1 Å². The van der Waals surface area contributed by atoms with Gasteiger partial charge in [0.15, 0.2) is 0 Å². The van der Waals surface area contributed by atoms with Crippen molar-refractivity contribution in [3.8, 4) is 0 Å². The van der Waals surface area contributed by atoms with E-state index in [1.165, 1.54) is 11.9 Å². The van der Waals surface area contributed by atoms with Crippen LogP contribution in [0.2, 0.25) is 0 Å². The van der Waals surface area contributed by atoms with E-state index in [4.69, 9.17) is 10.2 Å². The number of likely N-dealkylation sites (tertiary alicyclic amines) is 1. The molecular formula is C6H12ClF2NO2. The van der Waals surface area contributed by atoms with Gasteiger partial charge in [-0.3, -0.25) is 0 Å². The highest BCUT2D eigenvalue weighted by atomic mass is 35.5. The Morgan fingerprint density at radius 2 is 1.83 bits per heavy atom. The Kier molecular flexibility index (Phi) is 3.42. The van der Waals surface area contributed by atoms with Crippen molar-refractivity contribution in [1.29, 1.82) is 0 Å². The topological polar surface area (TPSA) is 43.7 Å². The first-order valence-electron chi connectivity index (χ1n) is 3.36. The molecule has 6 heteroatoms. The van der Waals surface area contributed by atoms with Crippen molar-refractivity contribution in [3.63, 3.8) is 0 Å². The molecule has 0 amide bonds. The molecule has 12 heavy (non-hydrogen) atoms. The van der Waals surface area contributed by atoms with Gasteiger partial charge in [0.2, 0.25) is 5.79 Å².